The molecule has 1 N–H and O–H groups in total. The van der Waals surface area contributed by atoms with Crippen molar-refractivity contribution in [3.05, 3.63) is 29.8 Å². The molecule has 1 fully saturated rings. The second-order valence-corrected chi connectivity index (χ2v) is 5.25. The average Bonchev–Trinajstić information content (AvgIpc) is 2.46. The lowest BCUT2D eigenvalue weighted by Crippen LogP contribution is -2.45. The van der Waals surface area contributed by atoms with Crippen LogP contribution in [0.15, 0.2) is 24.3 Å². The van der Waals surface area contributed by atoms with Crippen LogP contribution in [-0.2, 0) is 4.79 Å². The van der Waals surface area contributed by atoms with Crippen molar-refractivity contribution >= 4 is 30.8 Å². The normalized spacial score (nSPS) is 16.1. The molecule has 0 aromatic heterocycles. The van der Waals surface area contributed by atoms with Gasteiger partial charge in [0.15, 0.2) is 0 Å². The molecule has 0 saturated carbocycles. The summed E-state index contributed by atoms with van der Waals surface area (Å²) in [5.41, 5.74) is 1.31. The number of carbonyl (C=O) groups is 1. The highest BCUT2D eigenvalue weighted by molar-refractivity contribution is 5.85. The van der Waals surface area contributed by atoms with Gasteiger partial charge in [0.2, 0.25) is 0 Å². The van der Waals surface area contributed by atoms with E-state index in [4.69, 9.17) is 4.74 Å². The Labute approximate surface area is 145 Å². The molecule has 0 amide bonds. The van der Waals surface area contributed by atoms with E-state index in [9.17, 15) is 4.79 Å². The van der Waals surface area contributed by atoms with E-state index in [0.29, 0.717) is 11.8 Å². The van der Waals surface area contributed by atoms with Crippen molar-refractivity contribution in [3.8, 4) is 5.75 Å². The summed E-state index contributed by atoms with van der Waals surface area (Å²) in [4.78, 5) is 13.5. The molecule has 126 valence electrons. The maximum Gasteiger partial charge on any atom is 0.308 e. The molecule has 0 spiro atoms. The maximum absolute atomic E-state index is 10.9. The number of esters is 1. The third kappa shape index (κ3) is 6.13. The number of rotatable bonds is 5. The number of carbonyl (C=O) groups excluding carboxylic acids is 1. The summed E-state index contributed by atoms with van der Waals surface area (Å²) >= 11 is 0. The third-order valence-corrected chi connectivity index (χ3v) is 3.68. The number of ether oxygens (including phenoxy) is 1. The van der Waals surface area contributed by atoms with Crippen LogP contribution in [0.1, 0.15) is 38.3 Å². The van der Waals surface area contributed by atoms with Gasteiger partial charge in [-0.05, 0) is 24.1 Å². The fourth-order valence-corrected chi connectivity index (χ4v) is 2.75. The van der Waals surface area contributed by atoms with Crippen molar-refractivity contribution in [3.63, 3.8) is 0 Å². The van der Waals surface area contributed by atoms with Crippen LogP contribution in [0.4, 0.5) is 0 Å². The highest BCUT2D eigenvalue weighted by atomic mass is 35.5. The van der Waals surface area contributed by atoms with Gasteiger partial charge in [-0.2, -0.15) is 0 Å². The first kappa shape index (κ1) is 21.2. The molecule has 1 aliphatic heterocycles. The number of nitrogens with zero attached hydrogens (tertiary/aromatic N) is 1. The minimum absolute atomic E-state index is 0. The van der Waals surface area contributed by atoms with E-state index in [1.807, 2.05) is 12.1 Å². The SMILES string of the molecule is CCC[C@H](c1ccc(OC(C)=O)cc1)N1CCNCC1.Cl.Cl. The van der Waals surface area contributed by atoms with E-state index in [0.717, 1.165) is 32.6 Å². The Morgan fingerprint density at radius 2 is 1.82 bits per heavy atom. The predicted octanol–water partition coefficient (Wildman–Crippen LogP) is 3.20. The number of hydrogen-bond donors (Lipinski definition) is 1. The molecule has 1 aromatic carbocycles. The zero-order valence-electron chi connectivity index (χ0n) is 13.2. The first-order valence-corrected chi connectivity index (χ1v) is 7.44. The number of hydrogen-bond acceptors (Lipinski definition) is 4. The van der Waals surface area contributed by atoms with Gasteiger partial charge in [0, 0.05) is 39.1 Å². The topological polar surface area (TPSA) is 41.6 Å². The monoisotopic (exact) mass is 348 g/mol. The van der Waals surface area contributed by atoms with E-state index in [1.165, 1.54) is 18.9 Å². The van der Waals surface area contributed by atoms with E-state index in [-0.39, 0.29) is 30.8 Å². The Morgan fingerprint density at radius 1 is 1.23 bits per heavy atom. The molecule has 1 aliphatic rings. The van der Waals surface area contributed by atoms with Crippen molar-refractivity contribution in [2.45, 2.75) is 32.7 Å². The Kier molecular flexibility index (Phi) is 10.4. The molecule has 0 bridgehead atoms. The predicted molar refractivity (Wildman–Crippen MR) is 94.3 cm³/mol. The van der Waals surface area contributed by atoms with Crippen LogP contribution in [-0.4, -0.2) is 37.0 Å². The molecule has 0 unspecified atom stereocenters. The number of benzene rings is 1. The Bertz CT molecular complexity index is 434. The number of nitrogens with one attached hydrogen (secondary N) is 1. The van der Waals surface area contributed by atoms with Crippen LogP contribution in [0.5, 0.6) is 5.75 Å². The van der Waals surface area contributed by atoms with Crippen molar-refractivity contribution in [1.82, 2.24) is 10.2 Å². The highest BCUT2D eigenvalue weighted by Gasteiger charge is 2.21. The van der Waals surface area contributed by atoms with Crippen LogP contribution < -0.4 is 10.1 Å². The van der Waals surface area contributed by atoms with Gasteiger partial charge in [0.25, 0.3) is 0 Å². The summed E-state index contributed by atoms with van der Waals surface area (Å²) in [6, 6.07) is 8.42. The molecule has 2 rings (SSSR count). The molecule has 1 aromatic rings. The molecule has 6 heteroatoms. The van der Waals surface area contributed by atoms with Gasteiger partial charge in [0.05, 0.1) is 0 Å². The van der Waals surface area contributed by atoms with Crippen LogP contribution in [0.2, 0.25) is 0 Å². The molecule has 1 atom stereocenters. The van der Waals surface area contributed by atoms with Gasteiger partial charge in [-0.25, -0.2) is 0 Å². The first-order chi connectivity index (χ1) is 9.70. The van der Waals surface area contributed by atoms with Crippen molar-refractivity contribution < 1.29 is 9.53 Å². The lowest BCUT2D eigenvalue weighted by atomic mass is 10.00. The van der Waals surface area contributed by atoms with Crippen LogP contribution in [0, 0.1) is 0 Å². The summed E-state index contributed by atoms with van der Waals surface area (Å²) in [5, 5.41) is 3.39. The van der Waals surface area contributed by atoms with Gasteiger partial charge >= 0.3 is 5.97 Å². The van der Waals surface area contributed by atoms with Gasteiger partial charge in [-0.15, -0.1) is 24.8 Å². The minimum Gasteiger partial charge on any atom is -0.427 e. The molecule has 4 nitrogen and oxygen atoms in total. The number of halogens is 2. The van der Waals surface area contributed by atoms with Gasteiger partial charge < -0.3 is 10.1 Å². The maximum atomic E-state index is 10.9. The highest BCUT2D eigenvalue weighted by Crippen LogP contribution is 2.27. The molecule has 0 radical (unpaired) electrons. The molecular weight excluding hydrogens is 323 g/mol. The fraction of sp³-hybridized carbons (Fsp3) is 0.562. The van der Waals surface area contributed by atoms with Crippen molar-refractivity contribution in [1.29, 1.82) is 0 Å². The zero-order valence-corrected chi connectivity index (χ0v) is 14.8. The van der Waals surface area contributed by atoms with Gasteiger partial charge in [-0.1, -0.05) is 25.5 Å². The molecule has 0 aliphatic carbocycles. The van der Waals surface area contributed by atoms with E-state index >= 15 is 0 Å². The third-order valence-electron chi connectivity index (χ3n) is 3.68. The lowest BCUT2D eigenvalue weighted by Gasteiger charge is -2.35. The molecule has 1 heterocycles. The summed E-state index contributed by atoms with van der Waals surface area (Å²) in [6.45, 7) is 7.96. The molecular formula is C16H26Cl2N2O2. The zero-order chi connectivity index (χ0) is 14.4. The fourth-order valence-electron chi connectivity index (χ4n) is 2.75. The van der Waals surface area contributed by atoms with Gasteiger partial charge in [0.1, 0.15) is 5.75 Å². The number of piperazine rings is 1. The standard InChI is InChI=1S/C16H24N2O2.2ClH/c1-3-4-16(18-11-9-17-10-12-18)14-5-7-15(8-6-14)20-13(2)19;;/h5-8,16-17H,3-4,9-12H2,1-2H3;2*1H/t16-;;/m1../s1. The first-order valence-electron chi connectivity index (χ1n) is 7.44. The summed E-state index contributed by atoms with van der Waals surface area (Å²) in [6.07, 6.45) is 2.33. The van der Waals surface area contributed by atoms with E-state index < -0.39 is 0 Å². The van der Waals surface area contributed by atoms with Crippen LogP contribution in [0.3, 0.4) is 0 Å². The quantitative estimate of drug-likeness (QED) is 0.655. The second-order valence-electron chi connectivity index (χ2n) is 5.25. The summed E-state index contributed by atoms with van der Waals surface area (Å²) < 4.78 is 5.09. The second kappa shape index (κ2) is 10.8. The average molecular weight is 349 g/mol. The minimum atomic E-state index is -0.273. The molecule has 1 saturated heterocycles. The Morgan fingerprint density at radius 3 is 2.32 bits per heavy atom. The largest absolute Gasteiger partial charge is 0.427 e. The molecule has 22 heavy (non-hydrogen) atoms. The lowest BCUT2D eigenvalue weighted by molar-refractivity contribution is -0.131. The smallest absolute Gasteiger partial charge is 0.308 e. The van der Waals surface area contributed by atoms with Crippen molar-refractivity contribution in [2.24, 2.45) is 0 Å². The van der Waals surface area contributed by atoms with Crippen LogP contribution >= 0.6 is 24.8 Å². The van der Waals surface area contributed by atoms with Crippen LogP contribution in [0.25, 0.3) is 0 Å². The summed E-state index contributed by atoms with van der Waals surface area (Å²) in [5.74, 6) is 0.349. The van der Waals surface area contributed by atoms with Crippen molar-refractivity contribution in [2.75, 3.05) is 26.2 Å². The Balaban J connectivity index is 0.00000220. The van der Waals surface area contributed by atoms with E-state index in [1.54, 1.807) is 0 Å². The van der Waals surface area contributed by atoms with Gasteiger partial charge in [-0.3, -0.25) is 9.69 Å². The Hall–Kier alpha value is -0.810. The summed E-state index contributed by atoms with van der Waals surface area (Å²) in [7, 11) is 0. The van der Waals surface area contributed by atoms with E-state index in [2.05, 4.69) is 29.3 Å².